The molecule has 0 spiro atoms. The summed E-state index contributed by atoms with van der Waals surface area (Å²) in [6.07, 6.45) is -0.182. The number of halogens is 1. The maximum absolute atomic E-state index is 12.5. The van der Waals surface area contributed by atoms with Crippen LogP contribution < -0.4 is 10.1 Å². The Morgan fingerprint density at radius 1 is 1.00 bits per heavy atom. The molecule has 0 aliphatic heterocycles. The van der Waals surface area contributed by atoms with E-state index in [0.717, 1.165) is 4.47 Å². The molecule has 0 heterocycles. The van der Waals surface area contributed by atoms with Gasteiger partial charge in [-0.25, -0.2) is 4.79 Å². The molecule has 2 aromatic rings. The Bertz CT molecular complexity index is 767. The van der Waals surface area contributed by atoms with Crippen molar-refractivity contribution in [3.8, 4) is 5.75 Å². The second-order valence-electron chi connectivity index (χ2n) is 6.55. The second-order valence-corrected chi connectivity index (χ2v) is 7.47. The van der Waals surface area contributed by atoms with Crippen molar-refractivity contribution in [3.05, 3.63) is 58.6 Å². The summed E-state index contributed by atoms with van der Waals surface area (Å²) in [5, 5.41) is 2.80. The molecule has 0 saturated heterocycles. The lowest BCUT2D eigenvalue weighted by molar-refractivity contribution is -0.128. The van der Waals surface area contributed by atoms with Gasteiger partial charge < -0.3 is 14.8 Å². The predicted molar refractivity (Wildman–Crippen MR) is 104 cm³/mol. The fraction of sp³-hybridized carbons (Fsp3) is 0.300. The van der Waals surface area contributed by atoms with Gasteiger partial charge in [0, 0.05) is 10.2 Å². The van der Waals surface area contributed by atoms with Crippen molar-refractivity contribution in [1.29, 1.82) is 0 Å². The first-order valence-corrected chi connectivity index (χ1v) is 9.04. The van der Waals surface area contributed by atoms with Crippen molar-refractivity contribution >= 4 is 33.5 Å². The van der Waals surface area contributed by atoms with Gasteiger partial charge in [0.2, 0.25) is 0 Å². The summed E-state index contributed by atoms with van der Waals surface area (Å²) >= 11 is 3.36. The van der Waals surface area contributed by atoms with Gasteiger partial charge in [0.05, 0.1) is 11.7 Å². The molecule has 0 aliphatic carbocycles. The fourth-order valence-electron chi connectivity index (χ4n) is 2.10. The molecule has 0 saturated carbocycles. The second kappa shape index (κ2) is 8.36. The Kier molecular flexibility index (Phi) is 6.42. The molecule has 0 atom stereocenters. The number of rotatable bonds is 6. The van der Waals surface area contributed by atoms with Crippen molar-refractivity contribution in [3.63, 3.8) is 0 Å². The van der Waals surface area contributed by atoms with Gasteiger partial charge in [-0.2, -0.15) is 0 Å². The van der Waals surface area contributed by atoms with E-state index < -0.39 is 11.6 Å². The van der Waals surface area contributed by atoms with Crippen molar-refractivity contribution in [2.75, 3.05) is 5.32 Å². The molecule has 0 fully saturated rings. The number of hydrogen-bond acceptors (Lipinski definition) is 4. The zero-order chi connectivity index (χ0) is 19.3. The van der Waals surface area contributed by atoms with E-state index in [1.807, 2.05) is 12.1 Å². The van der Waals surface area contributed by atoms with E-state index in [1.54, 1.807) is 64.1 Å². The molecule has 138 valence electrons. The van der Waals surface area contributed by atoms with Gasteiger partial charge in [-0.1, -0.05) is 15.9 Å². The zero-order valence-electron chi connectivity index (χ0n) is 15.2. The molecule has 6 heteroatoms. The highest BCUT2D eigenvalue weighted by molar-refractivity contribution is 9.10. The molecule has 0 unspecified atom stereocenters. The molecule has 0 aliphatic rings. The first-order valence-electron chi connectivity index (χ1n) is 8.24. The third-order valence-corrected chi connectivity index (χ3v) is 3.98. The third-order valence-electron chi connectivity index (χ3n) is 3.45. The summed E-state index contributed by atoms with van der Waals surface area (Å²) < 4.78 is 11.9. The number of nitrogens with one attached hydrogen (secondary N) is 1. The maximum Gasteiger partial charge on any atom is 0.338 e. The monoisotopic (exact) mass is 419 g/mol. The number of carbonyl (C=O) groups excluding carboxylic acids is 2. The number of carbonyl (C=O) groups is 2. The minimum absolute atomic E-state index is 0.182. The van der Waals surface area contributed by atoms with E-state index in [4.69, 9.17) is 9.47 Å². The normalized spacial score (nSPS) is 11.2. The Labute approximate surface area is 161 Å². The van der Waals surface area contributed by atoms with Crippen molar-refractivity contribution in [2.45, 2.75) is 39.4 Å². The van der Waals surface area contributed by atoms with Gasteiger partial charge in [-0.05, 0) is 76.2 Å². The van der Waals surface area contributed by atoms with Gasteiger partial charge in [0.15, 0.2) is 5.60 Å². The van der Waals surface area contributed by atoms with E-state index in [9.17, 15) is 9.59 Å². The van der Waals surface area contributed by atoms with Gasteiger partial charge in [0.25, 0.3) is 5.91 Å². The van der Waals surface area contributed by atoms with Crippen LogP contribution in [0.15, 0.2) is 53.0 Å². The van der Waals surface area contributed by atoms with Crippen LogP contribution in [0.4, 0.5) is 5.69 Å². The van der Waals surface area contributed by atoms with Crippen LogP contribution in [0.2, 0.25) is 0 Å². The number of hydrogen-bond donors (Lipinski definition) is 1. The minimum Gasteiger partial charge on any atom is -0.478 e. The maximum atomic E-state index is 12.5. The van der Waals surface area contributed by atoms with Crippen molar-refractivity contribution < 1.29 is 19.1 Å². The zero-order valence-corrected chi connectivity index (χ0v) is 16.8. The van der Waals surface area contributed by atoms with E-state index in [2.05, 4.69) is 21.2 Å². The molecule has 0 radical (unpaired) electrons. The van der Waals surface area contributed by atoms with Crippen LogP contribution in [-0.2, 0) is 9.53 Å². The van der Waals surface area contributed by atoms with Crippen LogP contribution >= 0.6 is 15.9 Å². The fourth-order valence-corrected chi connectivity index (χ4v) is 2.36. The van der Waals surface area contributed by atoms with Crippen LogP contribution in [0.5, 0.6) is 5.75 Å². The molecule has 2 aromatic carbocycles. The number of ether oxygens (including phenoxy) is 2. The molecular formula is C20H22BrNO4. The van der Waals surface area contributed by atoms with Crippen LogP contribution in [0.25, 0.3) is 0 Å². The van der Waals surface area contributed by atoms with Gasteiger partial charge >= 0.3 is 5.97 Å². The Morgan fingerprint density at radius 3 is 2.12 bits per heavy atom. The summed E-state index contributed by atoms with van der Waals surface area (Å²) in [5.41, 5.74) is -0.0612. The number of benzene rings is 2. The molecule has 0 bridgehead atoms. The topological polar surface area (TPSA) is 64.6 Å². The molecular weight excluding hydrogens is 398 g/mol. The van der Waals surface area contributed by atoms with E-state index in [1.165, 1.54) is 0 Å². The SMILES string of the molecule is CC(C)OC(=O)c1ccc(NC(=O)C(C)(C)Oc2ccc(Br)cc2)cc1. The molecule has 0 aromatic heterocycles. The predicted octanol–water partition coefficient (Wildman–Crippen LogP) is 4.81. The molecule has 1 amide bonds. The van der Waals surface area contributed by atoms with Crippen molar-refractivity contribution in [2.24, 2.45) is 0 Å². The first-order chi connectivity index (χ1) is 12.2. The largest absolute Gasteiger partial charge is 0.478 e. The highest BCUT2D eigenvalue weighted by Crippen LogP contribution is 2.22. The number of amides is 1. The lowest BCUT2D eigenvalue weighted by atomic mass is 10.1. The molecule has 26 heavy (non-hydrogen) atoms. The number of esters is 1. The van der Waals surface area contributed by atoms with Crippen LogP contribution in [0.3, 0.4) is 0 Å². The molecule has 5 nitrogen and oxygen atoms in total. The van der Waals surface area contributed by atoms with Gasteiger partial charge in [-0.3, -0.25) is 4.79 Å². The Balaban J connectivity index is 2.01. The average molecular weight is 420 g/mol. The van der Waals surface area contributed by atoms with Gasteiger partial charge in [-0.15, -0.1) is 0 Å². The lowest BCUT2D eigenvalue weighted by Crippen LogP contribution is -2.42. The average Bonchev–Trinajstić information content (AvgIpc) is 2.56. The Morgan fingerprint density at radius 2 is 1.58 bits per heavy atom. The quantitative estimate of drug-likeness (QED) is 0.682. The highest BCUT2D eigenvalue weighted by atomic mass is 79.9. The van der Waals surface area contributed by atoms with E-state index in [0.29, 0.717) is 17.0 Å². The minimum atomic E-state index is -1.07. The standard InChI is InChI=1S/C20H22BrNO4/c1-13(2)25-18(23)14-5-9-16(10-6-14)22-19(24)20(3,4)26-17-11-7-15(21)8-12-17/h5-13H,1-4H3,(H,22,24). The van der Waals surface area contributed by atoms with Crippen LogP contribution in [-0.4, -0.2) is 23.6 Å². The third kappa shape index (κ3) is 5.59. The summed E-state index contributed by atoms with van der Waals surface area (Å²) in [5.74, 6) is -0.0881. The number of anilines is 1. The van der Waals surface area contributed by atoms with E-state index >= 15 is 0 Å². The smallest absolute Gasteiger partial charge is 0.338 e. The summed E-state index contributed by atoms with van der Waals surface area (Å²) in [6.45, 7) is 6.97. The summed E-state index contributed by atoms with van der Waals surface area (Å²) in [6, 6.07) is 13.8. The van der Waals surface area contributed by atoms with E-state index in [-0.39, 0.29) is 12.0 Å². The van der Waals surface area contributed by atoms with Gasteiger partial charge in [0.1, 0.15) is 5.75 Å². The molecule has 1 N–H and O–H groups in total. The van der Waals surface area contributed by atoms with Crippen LogP contribution in [0.1, 0.15) is 38.1 Å². The first kappa shape index (κ1) is 20.0. The summed E-state index contributed by atoms with van der Waals surface area (Å²) in [4.78, 5) is 24.4. The highest BCUT2D eigenvalue weighted by Gasteiger charge is 2.30. The van der Waals surface area contributed by atoms with Crippen LogP contribution in [0, 0.1) is 0 Å². The Hall–Kier alpha value is -2.34. The van der Waals surface area contributed by atoms with Crippen molar-refractivity contribution in [1.82, 2.24) is 0 Å². The molecule has 2 rings (SSSR count). The summed E-state index contributed by atoms with van der Waals surface area (Å²) in [7, 11) is 0. The lowest BCUT2D eigenvalue weighted by Gasteiger charge is -2.25.